The monoisotopic (exact) mass is 238 g/mol. The van der Waals surface area contributed by atoms with Crippen molar-refractivity contribution in [2.75, 3.05) is 5.75 Å². The van der Waals surface area contributed by atoms with E-state index in [9.17, 15) is 0 Å². The van der Waals surface area contributed by atoms with Gasteiger partial charge in [0.2, 0.25) is 0 Å². The summed E-state index contributed by atoms with van der Waals surface area (Å²) in [5, 5.41) is 1.30. The van der Waals surface area contributed by atoms with Gasteiger partial charge in [-0.2, -0.15) is 0 Å². The number of rotatable bonds is 2. The molecule has 0 atom stereocenters. The Labute approximate surface area is 97.3 Å². The van der Waals surface area contributed by atoms with Crippen molar-refractivity contribution in [2.45, 2.75) is 6.92 Å². The lowest BCUT2D eigenvalue weighted by atomic mass is 10.2. The van der Waals surface area contributed by atoms with Crippen LogP contribution in [0.25, 0.3) is 10.1 Å². The van der Waals surface area contributed by atoms with Gasteiger partial charge in [0, 0.05) is 4.70 Å². The Morgan fingerprint density at radius 3 is 2.93 bits per heavy atom. The van der Waals surface area contributed by atoms with E-state index in [-0.39, 0.29) is 0 Å². The topological polar surface area (TPSA) is 0 Å². The largest absolute Gasteiger partial charge is 0.134 e. The predicted octanol–water partition coefficient (Wildman–Crippen LogP) is 4.33. The van der Waals surface area contributed by atoms with Crippen molar-refractivity contribution >= 4 is 49.6 Å². The van der Waals surface area contributed by atoms with Crippen molar-refractivity contribution in [3.8, 4) is 0 Å². The Bertz CT molecular complexity index is 423. The third kappa shape index (κ3) is 2.00. The van der Waals surface area contributed by atoms with E-state index in [1.165, 1.54) is 15.0 Å². The molecule has 0 saturated carbocycles. The summed E-state index contributed by atoms with van der Waals surface area (Å²) in [5.74, 6) is 1.05. The van der Waals surface area contributed by atoms with Crippen LogP contribution in [0.3, 0.4) is 0 Å². The normalized spacial score (nSPS) is 10.6. The summed E-state index contributed by atoms with van der Waals surface area (Å²) in [6.07, 6.45) is 0. The maximum absolute atomic E-state index is 5.33. The first-order valence-corrected chi connectivity index (χ1v) is 6.68. The molecule has 0 unspecified atom stereocenters. The Hall–Kier alpha value is -0.380. The van der Waals surface area contributed by atoms with Gasteiger partial charge >= 0.3 is 0 Å². The number of fused-ring (bicyclic) bond motifs is 1. The van der Waals surface area contributed by atoms with Gasteiger partial charge in [-0.05, 0) is 23.3 Å². The maximum Gasteiger partial charge on any atom is 0.0878 e. The van der Waals surface area contributed by atoms with E-state index in [0.29, 0.717) is 0 Å². The van der Waals surface area contributed by atoms with Gasteiger partial charge in [-0.15, -0.1) is 23.1 Å². The first kappa shape index (κ1) is 10.1. The molecule has 0 saturated heterocycles. The summed E-state index contributed by atoms with van der Waals surface area (Å²) >= 11 is 8.86. The van der Waals surface area contributed by atoms with Crippen LogP contribution in [0.15, 0.2) is 30.3 Å². The third-order valence-corrected chi connectivity index (χ3v) is 4.64. The fourth-order valence-corrected chi connectivity index (χ4v) is 3.48. The van der Waals surface area contributed by atoms with Crippen LogP contribution in [0.2, 0.25) is 0 Å². The molecule has 1 heterocycles. The average Bonchev–Trinajstić information content (AvgIpc) is 2.61. The minimum atomic E-state index is 1.02. The molecular weight excluding hydrogens is 228 g/mol. The van der Waals surface area contributed by atoms with Crippen molar-refractivity contribution < 1.29 is 0 Å². The zero-order chi connectivity index (χ0) is 9.97. The van der Waals surface area contributed by atoms with Crippen LogP contribution in [0.4, 0.5) is 0 Å². The summed E-state index contributed by atoms with van der Waals surface area (Å²) in [7, 11) is 0. The first-order valence-electron chi connectivity index (χ1n) is 4.47. The van der Waals surface area contributed by atoms with Gasteiger partial charge in [0.25, 0.3) is 0 Å². The second-order valence-electron chi connectivity index (χ2n) is 2.87. The van der Waals surface area contributed by atoms with Gasteiger partial charge in [0.15, 0.2) is 0 Å². The van der Waals surface area contributed by atoms with Crippen molar-refractivity contribution in [3.63, 3.8) is 0 Å². The maximum atomic E-state index is 5.33. The van der Waals surface area contributed by atoms with Crippen LogP contribution in [0.5, 0.6) is 0 Å². The van der Waals surface area contributed by atoms with Gasteiger partial charge in [0.1, 0.15) is 0 Å². The van der Waals surface area contributed by atoms with Crippen LogP contribution < -0.4 is 0 Å². The van der Waals surface area contributed by atoms with Crippen molar-refractivity contribution in [2.24, 2.45) is 0 Å². The van der Waals surface area contributed by atoms with Crippen LogP contribution in [0.1, 0.15) is 11.8 Å². The molecule has 0 aliphatic heterocycles. The SMILES string of the molecule is CCSC(=S)c1cc2ccccc2s1. The van der Waals surface area contributed by atoms with Crippen molar-refractivity contribution in [1.82, 2.24) is 0 Å². The molecule has 1 aromatic heterocycles. The summed E-state index contributed by atoms with van der Waals surface area (Å²) in [5.41, 5.74) is 0. The minimum absolute atomic E-state index is 1.02. The molecule has 0 fully saturated rings. The Morgan fingerprint density at radius 1 is 1.43 bits per heavy atom. The van der Waals surface area contributed by atoms with Gasteiger partial charge in [-0.3, -0.25) is 0 Å². The molecule has 0 spiro atoms. The second kappa shape index (κ2) is 4.43. The van der Waals surface area contributed by atoms with E-state index in [1.54, 1.807) is 23.1 Å². The lowest BCUT2D eigenvalue weighted by Crippen LogP contribution is -1.85. The van der Waals surface area contributed by atoms with E-state index in [4.69, 9.17) is 12.2 Å². The highest BCUT2D eigenvalue weighted by atomic mass is 32.2. The van der Waals surface area contributed by atoms with Gasteiger partial charge < -0.3 is 0 Å². The standard InChI is InChI=1S/C11H10S3/c1-2-13-11(12)10-7-8-5-3-4-6-9(8)14-10/h3-7H,2H2,1H3. The summed E-state index contributed by atoms with van der Waals surface area (Å²) in [6, 6.07) is 10.6. The number of hydrogen-bond donors (Lipinski definition) is 0. The van der Waals surface area contributed by atoms with Crippen molar-refractivity contribution in [3.05, 3.63) is 35.2 Å². The molecule has 0 N–H and O–H groups in total. The van der Waals surface area contributed by atoms with E-state index in [2.05, 4.69) is 37.3 Å². The zero-order valence-corrected chi connectivity index (χ0v) is 10.3. The highest BCUT2D eigenvalue weighted by Crippen LogP contribution is 2.28. The summed E-state index contributed by atoms with van der Waals surface area (Å²) < 4.78 is 2.34. The van der Waals surface area contributed by atoms with E-state index < -0.39 is 0 Å². The lowest BCUT2D eigenvalue weighted by molar-refractivity contribution is 1.54. The summed E-state index contributed by atoms with van der Waals surface area (Å²) in [6.45, 7) is 2.13. The van der Waals surface area contributed by atoms with Crippen LogP contribution >= 0.6 is 35.3 Å². The molecule has 0 aliphatic carbocycles. The highest BCUT2D eigenvalue weighted by molar-refractivity contribution is 8.23. The average molecular weight is 238 g/mol. The number of benzene rings is 1. The minimum Gasteiger partial charge on any atom is -0.134 e. The number of thiophene rings is 1. The van der Waals surface area contributed by atoms with Crippen LogP contribution in [-0.4, -0.2) is 9.95 Å². The molecule has 14 heavy (non-hydrogen) atoms. The number of thioether (sulfide) groups is 1. The van der Waals surface area contributed by atoms with Crippen molar-refractivity contribution in [1.29, 1.82) is 0 Å². The molecule has 72 valence electrons. The van der Waals surface area contributed by atoms with Crippen LogP contribution in [0, 0.1) is 0 Å². The van der Waals surface area contributed by atoms with Gasteiger partial charge in [-0.25, -0.2) is 0 Å². The van der Waals surface area contributed by atoms with Gasteiger partial charge in [0.05, 0.1) is 9.07 Å². The number of thiocarbonyl (C=S) groups is 1. The molecule has 2 rings (SSSR count). The Morgan fingerprint density at radius 2 is 2.21 bits per heavy atom. The predicted molar refractivity (Wildman–Crippen MR) is 71.7 cm³/mol. The smallest absolute Gasteiger partial charge is 0.0878 e. The highest BCUT2D eigenvalue weighted by Gasteiger charge is 2.05. The molecule has 2 aromatic rings. The second-order valence-corrected chi connectivity index (χ2v) is 5.89. The molecule has 0 amide bonds. The van der Waals surface area contributed by atoms with Crippen LogP contribution in [-0.2, 0) is 0 Å². The number of hydrogen-bond acceptors (Lipinski definition) is 3. The summed E-state index contributed by atoms with van der Waals surface area (Å²) in [4.78, 5) is 1.23. The van der Waals surface area contributed by atoms with E-state index >= 15 is 0 Å². The Kier molecular flexibility index (Phi) is 3.21. The lowest BCUT2D eigenvalue weighted by Gasteiger charge is -1.94. The molecule has 0 aliphatic rings. The fraction of sp³-hybridized carbons (Fsp3) is 0.182. The molecule has 3 heteroatoms. The zero-order valence-electron chi connectivity index (χ0n) is 7.82. The molecule has 1 aromatic carbocycles. The quantitative estimate of drug-likeness (QED) is 0.714. The fourth-order valence-electron chi connectivity index (χ4n) is 1.28. The molecule has 0 nitrogen and oxygen atoms in total. The molecular formula is C11H10S3. The first-order chi connectivity index (χ1) is 6.81. The van der Waals surface area contributed by atoms with E-state index in [1.807, 2.05) is 0 Å². The molecule has 0 bridgehead atoms. The third-order valence-electron chi connectivity index (χ3n) is 1.90. The Balaban J connectivity index is 2.40. The van der Waals surface area contributed by atoms with E-state index in [0.717, 1.165) is 9.95 Å². The van der Waals surface area contributed by atoms with Gasteiger partial charge in [-0.1, -0.05) is 37.3 Å². The molecule has 0 radical (unpaired) electrons.